The Morgan fingerprint density at radius 3 is 3.27 bits per heavy atom. The van der Waals surface area contributed by atoms with Crippen LogP contribution in [0.3, 0.4) is 0 Å². The first kappa shape index (κ1) is 10.8. The normalized spacial score (nSPS) is 22.9. The average Bonchev–Trinajstić information content (AvgIpc) is 2.65. The van der Waals surface area contributed by atoms with Gasteiger partial charge in [-0.1, -0.05) is 0 Å². The lowest BCUT2D eigenvalue weighted by molar-refractivity contribution is 0.111. The standard InChI is InChI=1S/C11H16N2OS/c1-13-4-2-3-9(6-13)5-11-12-10(7-14)8-15-11/h7-9H,2-6H2,1H3. The summed E-state index contributed by atoms with van der Waals surface area (Å²) in [6, 6.07) is 0. The number of thiazole rings is 1. The molecule has 0 aliphatic carbocycles. The minimum atomic E-state index is 0.583. The fourth-order valence-corrected chi connectivity index (χ4v) is 3.01. The van der Waals surface area contributed by atoms with Crippen LogP contribution in [-0.2, 0) is 6.42 Å². The minimum absolute atomic E-state index is 0.583. The largest absolute Gasteiger partial charge is 0.306 e. The van der Waals surface area contributed by atoms with Crippen LogP contribution in [0.15, 0.2) is 5.38 Å². The Labute approximate surface area is 94.1 Å². The summed E-state index contributed by atoms with van der Waals surface area (Å²) in [5, 5.41) is 2.95. The summed E-state index contributed by atoms with van der Waals surface area (Å²) in [6.07, 6.45) is 4.43. The van der Waals surface area contributed by atoms with Gasteiger partial charge in [0.15, 0.2) is 6.29 Å². The van der Waals surface area contributed by atoms with Gasteiger partial charge in [0, 0.05) is 18.3 Å². The van der Waals surface area contributed by atoms with Gasteiger partial charge in [0.1, 0.15) is 5.69 Å². The highest BCUT2D eigenvalue weighted by Crippen LogP contribution is 2.21. The van der Waals surface area contributed by atoms with Crippen molar-refractivity contribution in [3.8, 4) is 0 Å². The number of carbonyl (C=O) groups is 1. The summed E-state index contributed by atoms with van der Waals surface area (Å²) < 4.78 is 0. The summed E-state index contributed by atoms with van der Waals surface area (Å²) in [4.78, 5) is 17.2. The molecule has 1 atom stereocenters. The molecule has 0 saturated carbocycles. The second-order valence-corrected chi connectivity index (χ2v) is 5.20. The van der Waals surface area contributed by atoms with Gasteiger partial charge in [-0.2, -0.15) is 0 Å². The van der Waals surface area contributed by atoms with Crippen LogP contribution in [0.1, 0.15) is 28.3 Å². The van der Waals surface area contributed by atoms with Gasteiger partial charge in [0.05, 0.1) is 5.01 Å². The number of piperidine rings is 1. The van der Waals surface area contributed by atoms with Crippen molar-refractivity contribution in [2.45, 2.75) is 19.3 Å². The Morgan fingerprint density at radius 1 is 1.73 bits per heavy atom. The minimum Gasteiger partial charge on any atom is -0.306 e. The third-order valence-corrected chi connectivity index (χ3v) is 3.77. The van der Waals surface area contributed by atoms with Gasteiger partial charge >= 0.3 is 0 Å². The predicted octanol–water partition coefficient (Wildman–Crippen LogP) is 1.84. The van der Waals surface area contributed by atoms with E-state index in [4.69, 9.17) is 0 Å². The maximum Gasteiger partial charge on any atom is 0.169 e. The molecule has 1 saturated heterocycles. The first-order valence-corrected chi connectivity index (χ1v) is 6.24. The van der Waals surface area contributed by atoms with E-state index in [-0.39, 0.29) is 0 Å². The molecule has 1 unspecified atom stereocenters. The van der Waals surface area contributed by atoms with Crippen LogP contribution < -0.4 is 0 Å². The van der Waals surface area contributed by atoms with Gasteiger partial charge in [-0.3, -0.25) is 4.79 Å². The molecule has 1 aromatic rings. The highest BCUT2D eigenvalue weighted by molar-refractivity contribution is 7.09. The number of carbonyl (C=O) groups excluding carboxylic acids is 1. The van der Waals surface area contributed by atoms with E-state index in [0.29, 0.717) is 5.69 Å². The molecule has 4 heteroatoms. The monoisotopic (exact) mass is 224 g/mol. The van der Waals surface area contributed by atoms with Crippen molar-refractivity contribution in [3.05, 3.63) is 16.1 Å². The second-order valence-electron chi connectivity index (χ2n) is 4.26. The van der Waals surface area contributed by atoms with Crippen LogP contribution in [0.25, 0.3) is 0 Å². The number of nitrogens with zero attached hydrogens (tertiary/aromatic N) is 2. The van der Waals surface area contributed by atoms with Crippen molar-refractivity contribution in [1.82, 2.24) is 9.88 Å². The number of rotatable bonds is 3. The molecule has 0 bridgehead atoms. The third-order valence-electron chi connectivity index (χ3n) is 2.88. The van der Waals surface area contributed by atoms with E-state index >= 15 is 0 Å². The molecule has 82 valence electrons. The Kier molecular flexibility index (Phi) is 3.49. The lowest BCUT2D eigenvalue weighted by Crippen LogP contribution is -2.32. The average molecular weight is 224 g/mol. The fourth-order valence-electron chi connectivity index (χ4n) is 2.16. The molecule has 3 nitrogen and oxygen atoms in total. The van der Waals surface area contributed by atoms with E-state index < -0.39 is 0 Å². The van der Waals surface area contributed by atoms with Crippen LogP contribution >= 0.6 is 11.3 Å². The molecule has 1 fully saturated rings. The van der Waals surface area contributed by atoms with Gasteiger partial charge in [-0.25, -0.2) is 4.98 Å². The van der Waals surface area contributed by atoms with E-state index in [9.17, 15) is 4.79 Å². The molecule has 0 radical (unpaired) electrons. The molecule has 1 aromatic heterocycles. The maximum atomic E-state index is 10.5. The van der Waals surface area contributed by atoms with Crippen LogP contribution in [0, 0.1) is 5.92 Å². The number of aromatic nitrogens is 1. The zero-order valence-electron chi connectivity index (χ0n) is 8.98. The highest BCUT2D eigenvalue weighted by atomic mass is 32.1. The van der Waals surface area contributed by atoms with E-state index in [2.05, 4.69) is 16.9 Å². The van der Waals surface area contributed by atoms with Gasteiger partial charge in [0.25, 0.3) is 0 Å². The molecule has 15 heavy (non-hydrogen) atoms. The zero-order chi connectivity index (χ0) is 10.7. The summed E-state index contributed by atoms with van der Waals surface area (Å²) in [6.45, 7) is 2.38. The number of hydrogen-bond acceptors (Lipinski definition) is 4. The Morgan fingerprint density at radius 2 is 2.60 bits per heavy atom. The maximum absolute atomic E-state index is 10.5. The Bertz CT molecular complexity index is 337. The molecule has 0 spiro atoms. The number of hydrogen-bond donors (Lipinski definition) is 0. The molecular weight excluding hydrogens is 208 g/mol. The molecule has 0 aromatic carbocycles. The van der Waals surface area contributed by atoms with Crippen LogP contribution in [-0.4, -0.2) is 36.3 Å². The second kappa shape index (κ2) is 4.86. The smallest absolute Gasteiger partial charge is 0.169 e. The topological polar surface area (TPSA) is 33.2 Å². The summed E-state index contributed by atoms with van der Waals surface area (Å²) in [7, 11) is 2.17. The summed E-state index contributed by atoms with van der Waals surface area (Å²) in [5.74, 6) is 0.717. The van der Waals surface area contributed by atoms with Gasteiger partial charge < -0.3 is 4.90 Å². The van der Waals surface area contributed by atoms with E-state index in [1.165, 1.54) is 19.4 Å². The van der Waals surface area contributed by atoms with E-state index in [0.717, 1.165) is 30.2 Å². The first-order chi connectivity index (χ1) is 7.28. The molecule has 0 N–H and O–H groups in total. The number of aldehydes is 1. The van der Waals surface area contributed by atoms with Crippen LogP contribution in [0.4, 0.5) is 0 Å². The first-order valence-electron chi connectivity index (χ1n) is 5.36. The van der Waals surface area contributed by atoms with Crippen molar-refractivity contribution >= 4 is 17.6 Å². The van der Waals surface area contributed by atoms with Gasteiger partial charge in [-0.15, -0.1) is 11.3 Å². The van der Waals surface area contributed by atoms with E-state index in [1.54, 1.807) is 11.3 Å². The summed E-state index contributed by atoms with van der Waals surface area (Å²) >= 11 is 1.61. The third kappa shape index (κ3) is 2.86. The van der Waals surface area contributed by atoms with Gasteiger partial charge in [0.2, 0.25) is 0 Å². The van der Waals surface area contributed by atoms with Crippen molar-refractivity contribution in [2.75, 3.05) is 20.1 Å². The Balaban J connectivity index is 1.92. The molecule has 1 aliphatic rings. The lowest BCUT2D eigenvalue weighted by atomic mass is 9.95. The van der Waals surface area contributed by atoms with Crippen LogP contribution in [0.5, 0.6) is 0 Å². The molecular formula is C11H16N2OS. The zero-order valence-corrected chi connectivity index (χ0v) is 9.80. The number of likely N-dealkylation sites (tertiary alicyclic amines) is 1. The molecule has 1 aliphatic heterocycles. The molecule has 0 amide bonds. The van der Waals surface area contributed by atoms with Crippen LogP contribution in [0.2, 0.25) is 0 Å². The molecule has 2 heterocycles. The van der Waals surface area contributed by atoms with E-state index in [1.807, 2.05) is 5.38 Å². The summed E-state index contributed by atoms with van der Waals surface area (Å²) in [5.41, 5.74) is 0.583. The van der Waals surface area contributed by atoms with Crippen molar-refractivity contribution in [2.24, 2.45) is 5.92 Å². The quantitative estimate of drug-likeness (QED) is 0.735. The van der Waals surface area contributed by atoms with Crippen molar-refractivity contribution in [1.29, 1.82) is 0 Å². The Hall–Kier alpha value is -0.740. The van der Waals surface area contributed by atoms with Gasteiger partial charge in [-0.05, 0) is 32.4 Å². The van der Waals surface area contributed by atoms with Crippen molar-refractivity contribution in [3.63, 3.8) is 0 Å². The SMILES string of the molecule is CN1CCCC(Cc2nc(C=O)cs2)C1. The predicted molar refractivity (Wildman–Crippen MR) is 61.4 cm³/mol. The highest BCUT2D eigenvalue weighted by Gasteiger charge is 2.18. The fraction of sp³-hybridized carbons (Fsp3) is 0.636. The lowest BCUT2D eigenvalue weighted by Gasteiger charge is -2.29. The molecule has 2 rings (SSSR count). The van der Waals surface area contributed by atoms with Crippen molar-refractivity contribution < 1.29 is 4.79 Å².